The smallest absolute Gasteiger partial charge is 0.282 e. The van der Waals surface area contributed by atoms with Gasteiger partial charge in [-0.3, -0.25) is 4.79 Å². The molecule has 120 valence electrons. The van der Waals surface area contributed by atoms with E-state index in [4.69, 9.17) is 4.74 Å². The number of aromatic nitrogens is 1. The number of pyridine rings is 1. The van der Waals surface area contributed by atoms with E-state index in [1.165, 1.54) is 6.20 Å². The van der Waals surface area contributed by atoms with Gasteiger partial charge in [0.1, 0.15) is 12.4 Å². The number of carbonyl (C=O) groups is 1. The van der Waals surface area contributed by atoms with Crippen molar-refractivity contribution in [2.45, 2.75) is 6.61 Å². The Bertz CT molecular complexity index is 901. The van der Waals surface area contributed by atoms with Gasteiger partial charge in [-0.1, -0.05) is 48.5 Å². The molecule has 0 bridgehead atoms. The lowest BCUT2D eigenvalue weighted by Gasteiger charge is -2.09. The van der Waals surface area contributed by atoms with E-state index < -0.39 is 5.91 Å². The predicted molar refractivity (Wildman–Crippen MR) is 88.7 cm³/mol. The van der Waals surface area contributed by atoms with Gasteiger partial charge in [-0.25, -0.2) is 0 Å². The summed E-state index contributed by atoms with van der Waals surface area (Å²) >= 11 is 0. The third kappa shape index (κ3) is 3.70. The van der Waals surface area contributed by atoms with Crippen LogP contribution >= 0.6 is 0 Å². The topological polar surface area (TPSA) is 63.8 Å². The lowest BCUT2D eigenvalue weighted by atomic mass is 10.2. The molecule has 5 heteroatoms. The van der Waals surface area contributed by atoms with Gasteiger partial charge in [0.15, 0.2) is 5.49 Å². The summed E-state index contributed by atoms with van der Waals surface area (Å²) in [7, 11) is 0. The molecule has 0 unspecified atom stereocenters. The molecular formula is C19H16N2O3. The average Bonchev–Trinajstić information content (AvgIpc) is 2.63. The number of hydrogen-bond donors (Lipinski definition) is 1. The third-order valence-electron chi connectivity index (χ3n) is 3.39. The first-order chi connectivity index (χ1) is 11.7. The highest BCUT2D eigenvalue weighted by Gasteiger charge is 2.11. The molecule has 3 aromatic rings. The lowest BCUT2D eigenvalue weighted by molar-refractivity contribution is 0.0983. The van der Waals surface area contributed by atoms with E-state index in [-0.39, 0.29) is 5.49 Å². The van der Waals surface area contributed by atoms with E-state index >= 15 is 0 Å². The van der Waals surface area contributed by atoms with Crippen molar-refractivity contribution in [3.63, 3.8) is 0 Å². The largest absolute Gasteiger partial charge is 0.488 e. The lowest BCUT2D eigenvalue weighted by Crippen LogP contribution is -2.19. The molecule has 1 heterocycles. The normalized spacial score (nSPS) is 11.2. The summed E-state index contributed by atoms with van der Waals surface area (Å²) in [6.07, 6.45) is 1.41. The van der Waals surface area contributed by atoms with Gasteiger partial charge in [-0.15, -0.1) is 0 Å². The molecule has 2 aromatic carbocycles. The maximum atomic E-state index is 12.4. The van der Waals surface area contributed by atoms with E-state index in [1.54, 1.807) is 42.5 Å². The van der Waals surface area contributed by atoms with Crippen molar-refractivity contribution in [1.82, 2.24) is 4.73 Å². The second-order valence-corrected chi connectivity index (χ2v) is 5.09. The van der Waals surface area contributed by atoms with Crippen molar-refractivity contribution in [3.05, 3.63) is 95.6 Å². The van der Waals surface area contributed by atoms with Crippen LogP contribution < -0.4 is 10.2 Å². The van der Waals surface area contributed by atoms with Crippen LogP contribution in [-0.2, 0) is 6.61 Å². The number of ether oxygens (including phenoxy) is 1. The summed E-state index contributed by atoms with van der Waals surface area (Å²) in [5.41, 5.74) is 1.51. The number of para-hydroxylation sites is 1. The van der Waals surface area contributed by atoms with Crippen molar-refractivity contribution < 1.29 is 14.7 Å². The summed E-state index contributed by atoms with van der Waals surface area (Å²) in [5.74, 6) is -0.0248. The first kappa shape index (κ1) is 15.6. The molecule has 1 N–H and O–H groups in total. The number of hydrogen-bond acceptors (Lipinski definition) is 3. The maximum Gasteiger partial charge on any atom is 0.282 e. The van der Waals surface area contributed by atoms with Gasteiger partial charge in [0.25, 0.3) is 5.91 Å². The summed E-state index contributed by atoms with van der Waals surface area (Å²) in [5, 5.41) is 9.67. The van der Waals surface area contributed by atoms with Crippen molar-refractivity contribution in [2.24, 2.45) is 4.99 Å². The number of carbonyl (C=O) groups excluding carboxylic acids is 1. The van der Waals surface area contributed by atoms with Crippen LogP contribution in [0.2, 0.25) is 0 Å². The maximum absolute atomic E-state index is 12.4. The second kappa shape index (κ2) is 7.28. The molecule has 24 heavy (non-hydrogen) atoms. The van der Waals surface area contributed by atoms with Crippen LogP contribution in [0.1, 0.15) is 15.9 Å². The molecular weight excluding hydrogens is 304 g/mol. The highest BCUT2D eigenvalue weighted by Crippen LogP contribution is 2.20. The molecule has 0 aliphatic rings. The van der Waals surface area contributed by atoms with Crippen LogP contribution in [0.5, 0.6) is 5.75 Å². The summed E-state index contributed by atoms with van der Waals surface area (Å²) in [4.78, 5) is 16.4. The van der Waals surface area contributed by atoms with Gasteiger partial charge in [0, 0.05) is 6.20 Å². The molecule has 1 aromatic heterocycles. The number of amides is 1. The Morgan fingerprint density at radius 2 is 1.67 bits per heavy atom. The molecule has 0 saturated heterocycles. The van der Waals surface area contributed by atoms with Crippen molar-refractivity contribution in [1.29, 1.82) is 0 Å². The predicted octanol–water partition coefficient (Wildman–Crippen LogP) is 3.05. The van der Waals surface area contributed by atoms with E-state index in [1.807, 2.05) is 30.3 Å². The first-order valence-corrected chi connectivity index (χ1v) is 7.46. The molecule has 0 atom stereocenters. The van der Waals surface area contributed by atoms with Crippen LogP contribution in [0, 0.1) is 0 Å². The number of nitrogens with zero attached hydrogens (tertiary/aromatic N) is 2. The van der Waals surface area contributed by atoms with Gasteiger partial charge in [0.2, 0.25) is 0 Å². The Kier molecular flexibility index (Phi) is 4.72. The standard InChI is InChI=1S/C19H16N2O3/c22-19(20-18-12-6-7-13-21(18)23)16-10-4-5-11-17(16)24-14-15-8-2-1-3-9-15/h1-13,23H,14H2. The quantitative estimate of drug-likeness (QED) is 0.752. The van der Waals surface area contributed by atoms with Crippen LogP contribution in [0.15, 0.2) is 84.0 Å². The van der Waals surface area contributed by atoms with E-state index in [0.29, 0.717) is 17.9 Å². The zero-order valence-corrected chi connectivity index (χ0v) is 12.9. The number of rotatable bonds is 4. The molecule has 0 fully saturated rings. The summed E-state index contributed by atoms with van der Waals surface area (Å²) < 4.78 is 6.56. The van der Waals surface area contributed by atoms with Gasteiger partial charge in [-0.05, 0) is 29.8 Å². The van der Waals surface area contributed by atoms with Gasteiger partial charge >= 0.3 is 0 Å². The fraction of sp³-hybridized carbons (Fsp3) is 0.0526. The Labute approximate surface area is 139 Å². The fourth-order valence-electron chi connectivity index (χ4n) is 2.18. The third-order valence-corrected chi connectivity index (χ3v) is 3.39. The molecule has 0 radical (unpaired) electrons. The second-order valence-electron chi connectivity index (χ2n) is 5.09. The van der Waals surface area contributed by atoms with Crippen LogP contribution in [-0.4, -0.2) is 15.8 Å². The minimum absolute atomic E-state index is 0.153. The van der Waals surface area contributed by atoms with Gasteiger partial charge < -0.3 is 9.94 Å². The molecule has 0 spiro atoms. The molecule has 1 amide bonds. The Morgan fingerprint density at radius 3 is 2.46 bits per heavy atom. The highest BCUT2D eigenvalue weighted by molar-refractivity contribution is 5.97. The van der Waals surface area contributed by atoms with Crippen LogP contribution in [0.3, 0.4) is 0 Å². The molecule has 5 nitrogen and oxygen atoms in total. The summed E-state index contributed by atoms with van der Waals surface area (Å²) in [6, 6.07) is 21.5. The number of benzene rings is 2. The Hall–Kier alpha value is -3.34. The van der Waals surface area contributed by atoms with Crippen molar-refractivity contribution in [3.8, 4) is 5.75 Å². The van der Waals surface area contributed by atoms with Crippen LogP contribution in [0.4, 0.5) is 0 Å². The zero-order chi connectivity index (χ0) is 16.8. The van der Waals surface area contributed by atoms with Gasteiger partial charge in [0.05, 0.1) is 5.56 Å². The van der Waals surface area contributed by atoms with Crippen molar-refractivity contribution >= 4 is 5.91 Å². The van der Waals surface area contributed by atoms with Crippen LogP contribution in [0.25, 0.3) is 0 Å². The first-order valence-electron chi connectivity index (χ1n) is 7.46. The minimum atomic E-state index is -0.479. The monoisotopic (exact) mass is 320 g/mol. The average molecular weight is 320 g/mol. The molecule has 0 saturated carbocycles. The summed E-state index contributed by atoms with van der Waals surface area (Å²) in [6.45, 7) is 0.358. The van der Waals surface area contributed by atoms with E-state index in [2.05, 4.69) is 4.99 Å². The SMILES string of the molecule is O=C(N=c1ccccn1O)c1ccccc1OCc1ccccc1. The highest BCUT2D eigenvalue weighted by atomic mass is 16.5. The Balaban J connectivity index is 1.85. The fourth-order valence-corrected chi connectivity index (χ4v) is 2.18. The Morgan fingerprint density at radius 1 is 0.958 bits per heavy atom. The minimum Gasteiger partial charge on any atom is -0.488 e. The molecule has 3 rings (SSSR count). The van der Waals surface area contributed by atoms with E-state index in [0.717, 1.165) is 10.3 Å². The molecule has 0 aliphatic carbocycles. The zero-order valence-electron chi connectivity index (χ0n) is 12.9. The van der Waals surface area contributed by atoms with Gasteiger partial charge in [-0.2, -0.15) is 9.72 Å². The molecule has 0 aliphatic heterocycles. The van der Waals surface area contributed by atoms with E-state index in [9.17, 15) is 10.0 Å². The van der Waals surface area contributed by atoms with Crippen molar-refractivity contribution in [2.75, 3.05) is 0 Å².